The molecule has 2 amide bonds. The van der Waals surface area contributed by atoms with Crippen LogP contribution in [0.1, 0.15) is 64.0 Å². The highest BCUT2D eigenvalue weighted by Crippen LogP contribution is 2.34. The molecule has 29 heavy (non-hydrogen) atoms. The van der Waals surface area contributed by atoms with Gasteiger partial charge < -0.3 is 15.0 Å². The van der Waals surface area contributed by atoms with E-state index in [0.29, 0.717) is 29.8 Å². The number of fused-ring (bicyclic) bond motifs is 1. The van der Waals surface area contributed by atoms with E-state index in [1.54, 1.807) is 11.8 Å². The van der Waals surface area contributed by atoms with Crippen LogP contribution in [0.4, 0.5) is 11.4 Å². The molecule has 1 aliphatic rings. The van der Waals surface area contributed by atoms with Crippen LogP contribution in [0.5, 0.6) is 5.75 Å². The van der Waals surface area contributed by atoms with E-state index < -0.39 is 6.10 Å². The number of hydrogen-bond donors (Lipinski definition) is 1. The van der Waals surface area contributed by atoms with Crippen molar-refractivity contribution >= 4 is 23.2 Å². The maximum absolute atomic E-state index is 12.8. The van der Waals surface area contributed by atoms with Crippen molar-refractivity contribution in [2.45, 2.75) is 59.0 Å². The number of nitrogens with zero attached hydrogens (tertiary/aromatic N) is 1. The van der Waals surface area contributed by atoms with Crippen molar-refractivity contribution in [1.29, 1.82) is 0 Å². The average molecular weight is 395 g/mol. The summed E-state index contributed by atoms with van der Waals surface area (Å²) >= 11 is 0. The third-order valence-electron chi connectivity index (χ3n) is 5.27. The van der Waals surface area contributed by atoms with Crippen LogP contribution >= 0.6 is 0 Å². The molecule has 0 aromatic heterocycles. The summed E-state index contributed by atoms with van der Waals surface area (Å²) in [6, 6.07) is 13.6. The zero-order valence-electron chi connectivity index (χ0n) is 17.9. The molecule has 1 aliphatic heterocycles. The second-order valence-corrected chi connectivity index (χ2v) is 8.14. The van der Waals surface area contributed by atoms with Crippen molar-refractivity contribution in [3.63, 3.8) is 0 Å². The van der Waals surface area contributed by atoms with Gasteiger partial charge in [-0.15, -0.1) is 0 Å². The first-order valence-electron chi connectivity index (χ1n) is 10.3. The van der Waals surface area contributed by atoms with Gasteiger partial charge in [-0.3, -0.25) is 9.59 Å². The van der Waals surface area contributed by atoms with Crippen molar-refractivity contribution in [3.05, 3.63) is 53.6 Å². The maximum atomic E-state index is 12.8. The second kappa shape index (κ2) is 8.68. The molecule has 154 valence electrons. The molecule has 1 N–H and O–H groups in total. The van der Waals surface area contributed by atoms with E-state index >= 15 is 0 Å². The zero-order chi connectivity index (χ0) is 21.1. The van der Waals surface area contributed by atoms with Crippen LogP contribution in [0.25, 0.3) is 0 Å². The summed E-state index contributed by atoms with van der Waals surface area (Å²) in [4.78, 5) is 27.1. The van der Waals surface area contributed by atoms with E-state index in [1.165, 1.54) is 0 Å². The van der Waals surface area contributed by atoms with Gasteiger partial charge in [0.05, 0.1) is 5.69 Å². The lowest BCUT2D eigenvalue weighted by atomic mass is 9.92. The summed E-state index contributed by atoms with van der Waals surface area (Å²) in [6.45, 7) is 10.6. The fourth-order valence-corrected chi connectivity index (χ4v) is 3.70. The van der Waals surface area contributed by atoms with Gasteiger partial charge in [0, 0.05) is 18.7 Å². The summed E-state index contributed by atoms with van der Waals surface area (Å²) in [6.07, 6.45) is -0.335. The van der Waals surface area contributed by atoms with E-state index in [4.69, 9.17) is 4.74 Å². The van der Waals surface area contributed by atoms with Crippen molar-refractivity contribution in [2.75, 3.05) is 16.8 Å². The minimum Gasteiger partial charge on any atom is -0.479 e. The van der Waals surface area contributed by atoms with E-state index in [-0.39, 0.29) is 18.2 Å². The van der Waals surface area contributed by atoms with E-state index in [1.807, 2.05) is 30.3 Å². The van der Waals surface area contributed by atoms with Gasteiger partial charge in [0.15, 0.2) is 6.10 Å². The molecule has 5 nitrogen and oxygen atoms in total. The van der Waals surface area contributed by atoms with Crippen LogP contribution in [0, 0.1) is 0 Å². The molecule has 0 saturated carbocycles. The molecule has 0 fully saturated rings. The first kappa shape index (κ1) is 20.9. The van der Waals surface area contributed by atoms with Gasteiger partial charge in [0.2, 0.25) is 5.91 Å². The van der Waals surface area contributed by atoms with Gasteiger partial charge >= 0.3 is 0 Å². The zero-order valence-corrected chi connectivity index (χ0v) is 17.9. The molecule has 0 aliphatic carbocycles. The average Bonchev–Trinajstić information content (AvgIpc) is 2.68. The predicted molar refractivity (Wildman–Crippen MR) is 117 cm³/mol. The molecular weight excluding hydrogens is 364 g/mol. The molecule has 3 rings (SSSR count). The van der Waals surface area contributed by atoms with E-state index in [2.05, 4.69) is 45.1 Å². The Morgan fingerprint density at radius 1 is 1.03 bits per heavy atom. The topological polar surface area (TPSA) is 58.6 Å². The largest absolute Gasteiger partial charge is 0.479 e. The first-order chi connectivity index (χ1) is 13.8. The summed E-state index contributed by atoms with van der Waals surface area (Å²) in [5, 5.41) is 3.12. The number of benzene rings is 2. The number of amides is 2. The Morgan fingerprint density at radius 3 is 2.28 bits per heavy atom. The normalized spacial score (nSPS) is 16.0. The Hall–Kier alpha value is -2.82. The van der Waals surface area contributed by atoms with Crippen LogP contribution in [0.3, 0.4) is 0 Å². The molecular formula is C24H30N2O3. The lowest BCUT2D eigenvalue weighted by Gasteiger charge is -2.32. The Balaban J connectivity index is 1.77. The molecule has 0 unspecified atom stereocenters. The maximum Gasteiger partial charge on any atom is 0.267 e. The highest BCUT2D eigenvalue weighted by atomic mass is 16.5. The smallest absolute Gasteiger partial charge is 0.267 e. The number of carbonyl (C=O) groups is 2. The van der Waals surface area contributed by atoms with Gasteiger partial charge in [0.1, 0.15) is 5.75 Å². The third kappa shape index (κ3) is 4.44. The van der Waals surface area contributed by atoms with Crippen LogP contribution in [-0.2, 0) is 9.59 Å². The molecule has 0 bridgehead atoms. The fraction of sp³-hybridized carbons (Fsp3) is 0.417. The summed E-state index contributed by atoms with van der Waals surface area (Å²) in [5.74, 6) is 1.06. The van der Waals surface area contributed by atoms with Gasteiger partial charge in [-0.25, -0.2) is 0 Å². The number of rotatable bonds is 6. The lowest BCUT2D eigenvalue weighted by Crippen LogP contribution is -2.45. The third-order valence-corrected chi connectivity index (χ3v) is 5.27. The molecule has 0 radical (unpaired) electrons. The van der Waals surface area contributed by atoms with Crippen LogP contribution in [-0.4, -0.2) is 24.5 Å². The van der Waals surface area contributed by atoms with Gasteiger partial charge in [-0.05, 0) is 42.0 Å². The van der Waals surface area contributed by atoms with Gasteiger partial charge in [-0.2, -0.15) is 0 Å². The van der Waals surface area contributed by atoms with Crippen LogP contribution in [0.2, 0.25) is 0 Å². The molecule has 0 saturated heterocycles. The summed E-state index contributed by atoms with van der Waals surface area (Å²) in [5.41, 5.74) is 3.88. The van der Waals surface area contributed by atoms with Crippen LogP contribution < -0.4 is 15.0 Å². The van der Waals surface area contributed by atoms with E-state index in [9.17, 15) is 9.59 Å². The fourth-order valence-electron chi connectivity index (χ4n) is 3.70. The van der Waals surface area contributed by atoms with Crippen molar-refractivity contribution in [3.8, 4) is 5.75 Å². The number of nitrogens with one attached hydrogen (secondary N) is 1. The highest BCUT2D eigenvalue weighted by molar-refractivity contribution is 6.01. The van der Waals surface area contributed by atoms with Gasteiger partial charge in [0.25, 0.3) is 5.91 Å². The quantitative estimate of drug-likeness (QED) is 0.744. The minimum absolute atomic E-state index is 0.0931. The van der Waals surface area contributed by atoms with Crippen LogP contribution in [0.15, 0.2) is 42.5 Å². The van der Waals surface area contributed by atoms with Gasteiger partial charge in [-0.1, -0.05) is 58.0 Å². The Kier molecular flexibility index (Phi) is 6.26. The minimum atomic E-state index is -0.554. The van der Waals surface area contributed by atoms with Crippen molar-refractivity contribution in [2.24, 2.45) is 0 Å². The molecule has 1 heterocycles. The predicted octanol–water partition coefficient (Wildman–Crippen LogP) is 5.08. The number of anilines is 2. The Labute approximate surface area is 173 Å². The van der Waals surface area contributed by atoms with Crippen molar-refractivity contribution in [1.82, 2.24) is 0 Å². The molecule has 2 aromatic rings. The molecule has 1 atom stereocenters. The van der Waals surface area contributed by atoms with Crippen molar-refractivity contribution < 1.29 is 14.3 Å². The Morgan fingerprint density at radius 2 is 1.66 bits per heavy atom. The molecule has 2 aromatic carbocycles. The number of carbonyl (C=O) groups excluding carboxylic acids is 2. The molecule has 5 heteroatoms. The second-order valence-electron chi connectivity index (χ2n) is 8.14. The monoisotopic (exact) mass is 394 g/mol. The number of hydrogen-bond acceptors (Lipinski definition) is 3. The summed E-state index contributed by atoms with van der Waals surface area (Å²) in [7, 11) is 0. The van der Waals surface area contributed by atoms with E-state index in [0.717, 1.165) is 16.8 Å². The lowest BCUT2D eigenvalue weighted by molar-refractivity contribution is -0.125. The number of ether oxygens (including phenoxy) is 1. The highest BCUT2D eigenvalue weighted by Gasteiger charge is 2.31. The Bertz CT molecular complexity index is 878. The SMILES string of the molecule is CC(C)c1cccc(C(C)C)c1NC(=O)CCN1C(=O)[C@@H](C)Oc2ccccc21. The number of para-hydroxylation sites is 3. The first-order valence-corrected chi connectivity index (χ1v) is 10.3. The molecule has 0 spiro atoms. The summed E-state index contributed by atoms with van der Waals surface area (Å²) < 4.78 is 5.67. The standard InChI is InChI=1S/C24H30N2O3/c1-15(2)18-9-8-10-19(16(3)4)23(18)25-22(27)13-14-26-20-11-6-7-12-21(20)29-17(5)24(26)28/h6-12,15-17H,13-14H2,1-5H3,(H,25,27)/t17-/m1/s1.